The summed E-state index contributed by atoms with van der Waals surface area (Å²) in [6.45, 7) is 9.26. The van der Waals surface area contributed by atoms with Gasteiger partial charge in [-0.3, -0.25) is 4.90 Å². The molecule has 4 atom stereocenters. The lowest BCUT2D eigenvalue weighted by atomic mass is 9.85. The second-order valence-corrected chi connectivity index (χ2v) is 7.72. The van der Waals surface area contributed by atoms with E-state index in [-0.39, 0.29) is 0 Å². The van der Waals surface area contributed by atoms with E-state index in [4.69, 9.17) is 5.73 Å². The minimum Gasteiger partial charge on any atom is -0.329 e. The molecule has 19 heavy (non-hydrogen) atoms. The first-order valence-corrected chi connectivity index (χ1v) is 8.40. The highest BCUT2D eigenvalue weighted by Gasteiger charge is 2.40. The van der Waals surface area contributed by atoms with E-state index in [1.165, 1.54) is 45.1 Å². The lowest BCUT2D eigenvalue weighted by Gasteiger charge is -2.41. The van der Waals surface area contributed by atoms with Gasteiger partial charge in [-0.2, -0.15) is 0 Å². The molecule has 0 aromatic carbocycles. The Kier molecular flexibility index (Phi) is 4.94. The molecule has 2 rings (SSSR count). The molecule has 0 radical (unpaired) electrons. The second-order valence-electron chi connectivity index (χ2n) is 7.72. The van der Waals surface area contributed by atoms with Gasteiger partial charge in [0.1, 0.15) is 0 Å². The van der Waals surface area contributed by atoms with E-state index >= 15 is 0 Å². The summed E-state index contributed by atoms with van der Waals surface area (Å²) in [5.74, 6) is 3.65. The average molecular weight is 266 g/mol. The van der Waals surface area contributed by atoms with Crippen LogP contribution in [0.2, 0.25) is 0 Å². The fourth-order valence-corrected chi connectivity index (χ4v) is 4.02. The van der Waals surface area contributed by atoms with Gasteiger partial charge in [0.25, 0.3) is 0 Å². The van der Waals surface area contributed by atoms with Gasteiger partial charge in [0.2, 0.25) is 0 Å². The van der Waals surface area contributed by atoms with Crippen LogP contribution in [0.25, 0.3) is 0 Å². The third-order valence-corrected chi connectivity index (χ3v) is 6.11. The molecule has 2 aliphatic carbocycles. The summed E-state index contributed by atoms with van der Waals surface area (Å²) in [5.41, 5.74) is 6.52. The summed E-state index contributed by atoms with van der Waals surface area (Å²) in [5, 5.41) is 0. The maximum absolute atomic E-state index is 6.22. The minimum atomic E-state index is 0.298. The quantitative estimate of drug-likeness (QED) is 0.772. The molecule has 0 amide bonds. The topological polar surface area (TPSA) is 29.3 Å². The first-order chi connectivity index (χ1) is 8.98. The van der Waals surface area contributed by atoms with Crippen molar-refractivity contribution < 1.29 is 0 Å². The highest BCUT2D eigenvalue weighted by Crippen LogP contribution is 2.42. The molecular weight excluding hydrogens is 232 g/mol. The summed E-state index contributed by atoms with van der Waals surface area (Å²) in [7, 11) is 2.33. The monoisotopic (exact) mass is 266 g/mol. The molecule has 0 heterocycles. The summed E-state index contributed by atoms with van der Waals surface area (Å²) >= 11 is 0. The van der Waals surface area contributed by atoms with Gasteiger partial charge >= 0.3 is 0 Å². The Morgan fingerprint density at radius 2 is 1.95 bits per heavy atom. The van der Waals surface area contributed by atoms with Crippen molar-refractivity contribution in [2.24, 2.45) is 29.4 Å². The van der Waals surface area contributed by atoms with Crippen molar-refractivity contribution in [3.63, 3.8) is 0 Å². The molecule has 2 aliphatic rings. The Bertz CT molecular complexity index is 289. The van der Waals surface area contributed by atoms with E-state index in [2.05, 4.69) is 32.7 Å². The summed E-state index contributed by atoms with van der Waals surface area (Å²) in [6, 6.07) is 0. The zero-order chi connectivity index (χ0) is 14.0. The van der Waals surface area contributed by atoms with E-state index in [1.807, 2.05) is 0 Å². The SMILES string of the molecule is CC(C)C1CCCC(CN)(N(C)CC2CC2C)CC1. The molecule has 2 N–H and O–H groups in total. The van der Waals surface area contributed by atoms with Crippen LogP contribution in [0.5, 0.6) is 0 Å². The van der Waals surface area contributed by atoms with Crippen LogP contribution in [0.3, 0.4) is 0 Å². The number of hydrogen-bond acceptors (Lipinski definition) is 2. The molecule has 0 aliphatic heterocycles. The summed E-state index contributed by atoms with van der Waals surface area (Å²) in [4.78, 5) is 2.63. The molecule has 2 saturated carbocycles. The lowest BCUT2D eigenvalue weighted by Crippen LogP contribution is -2.52. The average Bonchev–Trinajstić information content (AvgIpc) is 3.10. The Hall–Kier alpha value is -0.0800. The normalized spacial score (nSPS) is 39.6. The third kappa shape index (κ3) is 3.52. The molecule has 0 aromatic heterocycles. The van der Waals surface area contributed by atoms with Gasteiger partial charge in [0, 0.05) is 18.6 Å². The third-order valence-electron chi connectivity index (χ3n) is 6.11. The van der Waals surface area contributed by atoms with Gasteiger partial charge in [0.05, 0.1) is 0 Å². The fourth-order valence-electron chi connectivity index (χ4n) is 4.02. The van der Waals surface area contributed by atoms with Gasteiger partial charge in [-0.25, -0.2) is 0 Å². The Labute approximate surface area is 120 Å². The Morgan fingerprint density at radius 3 is 2.47 bits per heavy atom. The van der Waals surface area contributed by atoms with Crippen LogP contribution < -0.4 is 5.73 Å². The second kappa shape index (κ2) is 6.13. The van der Waals surface area contributed by atoms with Crippen molar-refractivity contribution in [2.75, 3.05) is 20.1 Å². The summed E-state index contributed by atoms with van der Waals surface area (Å²) < 4.78 is 0. The minimum absolute atomic E-state index is 0.298. The molecule has 0 spiro atoms. The predicted molar refractivity (Wildman–Crippen MR) is 83.1 cm³/mol. The van der Waals surface area contributed by atoms with Crippen LogP contribution in [0.4, 0.5) is 0 Å². The van der Waals surface area contributed by atoms with Gasteiger partial charge in [-0.05, 0) is 56.4 Å². The fraction of sp³-hybridized carbons (Fsp3) is 1.00. The number of nitrogens with two attached hydrogens (primary N) is 1. The Balaban J connectivity index is 1.96. The van der Waals surface area contributed by atoms with Crippen LogP contribution in [0.1, 0.15) is 59.3 Å². The number of likely N-dealkylation sites (N-methyl/N-ethyl adjacent to an activating group) is 1. The van der Waals surface area contributed by atoms with Crippen molar-refractivity contribution in [3.8, 4) is 0 Å². The predicted octanol–water partition coefficient (Wildman–Crippen LogP) is 3.51. The number of rotatable bonds is 5. The lowest BCUT2D eigenvalue weighted by molar-refractivity contribution is 0.0985. The van der Waals surface area contributed by atoms with Crippen LogP contribution in [-0.2, 0) is 0 Å². The van der Waals surface area contributed by atoms with Crippen LogP contribution in [0.15, 0.2) is 0 Å². The van der Waals surface area contributed by atoms with Crippen LogP contribution >= 0.6 is 0 Å². The van der Waals surface area contributed by atoms with Crippen molar-refractivity contribution in [1.82, 2.24) is 4.90 Å². The van der Waals surface area contributed by atoms with Crippen molar-refractivity contribution in [2.45, 2.75) is 64.8 Å². The highest BCUT2D eigenvalue weighted by molar-refractivity contribution is 4.96. The van der Waals surface area contributed by atoms with Crippen molar-refractivity contribution >= 4 is 0 Å². The molecule has 112 valence electrons. The van der Waals surface area contributed by atoms with Gasteiger partial charge in [0.15, 0.2) is 0 Å². The van der Waals surface area contributed by atoms with Crippen LogP contribution in [-0.4, -0.2) is 30.6 Å². The van der Waals surface area contributed by atoms with Gasteiger partial charge in [-0.1, -0.05) is 33.6 Å². The number of hydrogen-bond donors (Lipinski definition) is 1. The highest BCUT2D eigenvalue weighted by atomic mass is 15.2. The standard InChI is InChI=1S/C17H34N2/c1-13(2)15-6-5-8-17(12-18,9-7-15)19(4)11-16-10-14(16)3/h13-16H,5-12,18H2,1-4H3. The molecule has 2 heteroatoms. The molecule has 2 nitrogen and oxygen atoms in total. The van der Waals surface area contributed by atoms with E-state index in [0.29, 0.717) is 5.54 Å². The molecule has 0 bridgehead atoms. The van der Waals surface area contributed by atoms with Crippen molar-refractivity contribution in [1.29, 1.82) is 0 Å². The maximum atomic E-state index is 6.22. The van der Waals surface area contributed by atoms with Gasteiger partial charge in [-0.15, -0.1) is 0 Å². The molecule has 4 unspecified atom stereocenters. The number of nitrogens with zero attached hydrogens (tertiary/aromatic N) is 1. The Morgan fingerprint density at radius 1 is 1.26 bits per heavy atom. The molecule has 0 saturated heterocycles. The van der Waals surface area contributed by atoms with E-state index in [1.54, 1.807) is 0 Å². The molecule has 0 aromatic rings. The smallest absolute Gasteiger partial charge is 0.0328 e. The van der Waals surface area contributed by atoms with E-state index in [9.17, 15) is 0 Å². The van der Waals surface area contributed by atoms with E-state index in [0.717, 1.165) is 30.2 Å². The zero-order valence-corrected chi connectivity index (χ0v) is 13.5. The maximum Gasteiger partial charge on any atom is 0.0328 e. The van der Waals surface area contributed by atoms with Gasteiger partial charge < -0.3 is 5.73 Å². The first kappa shape index (κ1) is 15.3. The summed E-state index contributed by atoms with van der Waals surface area (Å²) in [6.07, 6.45) is 8.20. The van der Waals surface area contributed by atoms with Crippen LogP contribution in [0, 0.1) is 23.7 Å². The van der Waals surface area contributed by atoms with E-state index < -0.39 is 0 Å². The largest absolute Gasteiger partial charge is 0.329 e. The zero-order valence-electron chi connectivity index (χ0n) is 13.5. The van der Waals surface area contributed by atoms with Crippen molar-refractivity contribution in [3.05, 3.63) is 0 Å². The first-order valence-electron chi connectivity index (χ1n) is 8.40. The molecule has 2 fully saturated rings. The molecular formula is C17H34N2.